The van der Waals surface area contributed by atoms with Crippen molar-refractivity contribution in [3.8, 4) is 23.0 Å². The van der Waals surface area contributed by atoms with Crippen LogP contribution in [0, 0.1) is 10.1 Å². The molecule has 0 aromatic heterocycles. The van der Waals surface area contributed by atoms with Gasteiger partial charge in [0.15, 0.2) is 0 Å². The van der Waals surface area contributed by atoms with Gasteiger partial charge in [0.1, 0.15) is 37.9 Å². The molecule has 1 radical (unpaired) electrons. The standard InChI is InChI=1S/C20H14N2O8S2.C16H11N3O4.Cr/c23-14-9-8-11-4-3-7-16(31(25,26)27)18(11)20(14)22-21-19-13-6-2-1-5-12(13)17(10-15(19)24)32(28,29)30;20-14-8-5-10-3-1-2-4-12(10)16(14)18-17-13-7-6-11(19(22)23)9-15(13)21;/h1-10,23-24H,(H,25,26,27)(H,28,29,30);1-9,20-21H;/q;;+3/p-3. The zero-order valence-corrected chi connectivity index (χ0v) is 30.9. The number of nitro groups is 1. The first kappa shape index (κ1) is 40.7. The van der Waals surface area contributed by atoms with Crippen LogP contribution in [0.2, 0.25) is 0 Å². The Morgan fingerprint density at radius 2 is 1.18 bits per heavy atom. The Morgan fingerprint density at radius 1 is 0.571 bits per heavy atom. The fourth-order valence-electron chi connectivity index (χ4n) is 5.50. The molecular formula is C36H22CrN5O12S2. The SMILES string of the molecule is O=S(=O)([O-])c1cccc2ccc([O-])c(N=Nc3c([O-])cc(S(=O)(=O)O)c4ccccc34)c12.O=[N+]([O-])c1ccc(N=Nc2c(O)ccc3ccccc23)c(O)c1.[Cr+3]. The van der Waals surface area contributed by atoms with Crippen molar-refractivity contribution in [1.29, 1.82) is 0 Å². The summed E-state index contributed by atoms with van der Waals surface area (Å²) in [6, 6.07) is 26.7. The van der Waals surface area contributed by atoms with Crippen molar-refractivity contribution in [1.82, 2.24) is 0 Å². The number of fused-ring (bicyclic) bond motifs is 3. The van der Waals surface area contributed by atoms with Gasteiger partial charge in [0.05, 0.1) is 27.3 Å². The summed E-state index contributed by atoms with van der Waals surface area (Å²) in [6.45, 7) is 0. The quantitative estimate of drug-likeness (QED) is 0.0618. The smallest absolute Gasteiger partial charge is 0.871 e. The maximum Gasteiger partial charge on any atom is 3.00 e. The van der Waals surface area contributed by atoms with Gasteiger partial charge in [0, 0.05) is 27.6 Å². The summed E-state index contributed by atoms with van der Waals surface area (Å²) in [7, 11) is -9.68. The second-order valence-electron chi connectivity index (χ2n) is 11.4. The molecule has 7 rings (SSSR count). The van der Waals surface area contributed by atoms with E-state index in [2.05, 4.69) is 20.5 Å². The Morgan fingerprint density at radius 3 is 1.84 bits per heavy atom. The van der Waals surface area contributed by atoms with Crippen LogP contribution in [-0.2, 0) is 37.6 Å². The van der Waals surface area contributed by atoms with Gasteiger partial charge >= 0.3 is 17.4 Å². The predicted octanol–water partition coefficient (Wildman–Crippen LogP) is 7.28. The van der Waals surface area contributed by atoms with Crippen LogP contribution < -0.4 is 10.2 Å². The Bertz CT molecular complexity index is 2980. The Hall–Kier alpha value is -6.53. The van der Waals surface area contributed by atoms with Crippen molar-refractivity contribution in [2.45, 2.75) is 9.79 Å². The summed E-state index contributed by atoms with van der Waals surface area (Å²) >= 11 is 0. The van der Waals surface area contributed by atoms with Gasteiger partial charge in [0.2, 0.25) is 0 Å². The van der Waals surface area contributed by atoms with E-state index in [0.717, 1.165) is 23.6 Å². The molecule has 56 heavy (non-hydrogen) atoms. The molecule has 0 bridgehead atoms. The number of azo groups is 2. The number of phenolic OH excluding ortho intramolecular Hbond substituents is 2. The summed E-state index contributed by atoms with van der Waals surface area (Å²) in [5.41, 5.74) is -0.718. The zero-order valence-electron chi connectivity index (χ0n) is 27.9. The largest absolute Gasteiger partial charge is 3.00 e. The molecule has 7 aromatic rings. The third-order valence-electron chi connectivity index (χ3n) is 7.99. The van der Waals surface area contributed by atoms with E-state index in [4.69, 9.17) is 0 Å². The van der Waals surface area contributed by atoms with Gasteiger partial charge in [0.25, 0.3) is 15.8 Å². The second kappa shape index (κ2) is 16.1. The number of non-ortho nitro benzene ring substituents is 1. The maximum atomic E-state index is 12.5. The Kier molecular flexibility index (Phi) is 11.7. The Balaban J connectivity index is 0.000000222. The molecule has 0 unspecified atom stereocenters. The predicted molar refractivity (Wildman–Crippen MR) is 193 cm³/mol. The number of rotatable bonds is 7. The molecule has 0 amide bonds. The summed E-state index contributed by atoms with van der Waals surface area (Å²) < 4.78 is 67.8. The van der Waals surface area contributed by atoms with Crippen molar-refractivity contribution in [2.24, 2.45) is 20.5 Å². The fraction of sp³-hybridized carbons (Fsp3) is 0. The molecule has 0 saturated heterocycles. The van der Waals surface area contributed by atoms with E-state index in [1.165, 1.54) is 60.7 Å². The first-order valence-electron chi connectivity index (χ1n) is 15.4. The van der Waals surface area contributed by atoms with E-state index in [1.54, 1.807) is 12.1 Å². The molecule has 7 aromatic carbocycles. The van der Waals surface area contributed by atoms with Crippen molar-refractivity contribution >= 4 is 81.0 Å². The van der Waals surface area contributed by atoms with Gasteiger partial charge in [-0.15, -0.1) is 10.2 Å². The number of nitrogens with zero attached hydrogens (tertiary/aromatic N) is 5. The van der Waals surface area contributed by atoms with Crippen molar-refractivity contribution in [2.75, 3.05) is 0 Å². The van der Waals surface area contributed by atoms with Crippen LogP contribution in [0.1, 0.15) is 0 Å². The van der Waals surface area contributed by atoms with E-state index in [9.17, 15) is 56.5 Å². The van der Waals surface area contributed by atoms with E-state index >= 15 is 0 Å². The molecule has 0 spiro atoms. The van der Waals surface area contributed by atoms with Crippen LogP contribution in [0.5, 0.6) is 23.0 Å². The van der Waals surface area contributed by atoms with Crippen LogP contribution in [0.15, 0.2) is 146 Å². The molecule has 0 fully saturated rings. The normalized spacial score (nSPS) is 11.8. The van der Waals surface area contributed by atoms with E-state index in [1.807, 2.05) is 18.2 Å². The first-order valence-corrected chi connectivity index (χ1v) is 18.3. The summed E-state index contributed by atoms with van der Waals surface area (Å²) in [5.74, 6) is -2.07. The molecular weight excluding hydrogens is 811 g/mol. The minimum absolute atomic E-state index is 0. The van der Waals surface area contributed by atoms with Gasteiger partial charge < -0.3 is 25.0 Å². The molecule has 0 aliphatic rings. The van der Waals surface area contributed by atoms with Gasteiger partial charge in [-0.3, -0.25) is 14.7 Å². The van der Waals surface area contributed by atoms with E-state index < -0.39 is 52.1 Å². The van der Waals surface area contributed by atoms with Gasteiger partial charge in [-0.05, 0) is 35.0 Å². The zero-order chi connectivity index (χ0) is 39.7. The maximum absolute atomic E-state index is 12.5. The van der Waals surface area contributed by atoms with E-state index in [0.29, 0.717) is 11.5 Å². The van der Waals surface area contributed by atoms with Crippen LogP contribution in [-0.4, -0.2) is 41.1 Å². The second-order valence-corrected chi connectivity index (χ2v) is 14.2. The molecule has 17 nitrogen and oxygen atoms in total. The number of aromatic hydroxyl groups is 2. The average Bonchev–Trinajstić information content (AvgIpc) is 3.14. The number of nitro benzene ring substituents is 1. The first-order chi connectivity index (χ1) is 26.0. The summed E-state index contributed by atoms with van der Waals surface area (Å²) in [4.78, 5) is 8.74. The van der Waals surface area contributed by atoms with Gasteiger partial charge in [-0.25, -0.2) is 8.42 Å². The summed E-state index contributed by atoms with van der Waals surface area (Å²) in [6.07, 6.45) is 0. The van der Waals surface area contributed by atoms with Crippen LogP contribution >= 0.6 is 0 Å². The average molecular weight is 833 g/mol. The van der Waals surface area contributed by atoms with Crippen LogP contribution in [0.25, 0.3) is 32.3 Å². The molecule has 281 valence electrons. The van der Waals surface area contributed by atoms with Gasteiger partial charge in [-0.2, -0.15) is 18.6 Å². The van der Waals surface area contributed by atoms with Crippen molar-refractivity contribution < 1.29 is 68.7 Å². The molecule has 3 N–H and O–H groups in total. The molecule has 0 aliphatic carbocycles. The van der Waals surface area contributed by atoms with Crippen LogP contribution in [0.4, 0.5) is 28.4 Å². The van der Waals surface area contributed by atoms with E-state index in [-0.39, 0.29) is 73.2 Å². The molecule has 0 aliphatic heterocycles. The van der Waals surface area contributed by atoms with Gasteiger partial charge in [-0.1, -0.05) is 90.4 Å². The summed E-state index contributed by atoms with van der Waals surface area (Å²) in [5, 5.41) is 72.4. The minimum Gasteiger partial charge on any atom is -0.871 e. The number of benzene rings is 7. The number of hydrogen-bond acceptors (Lipinski definition) is 15. The Labute approximate surface area is 327 Å². The minimum atomic E-state index is -4.96. The molecule has 0 heterocycles. The molecule has 20 heteroatoms. The van der Waals surface area contributed by atoms with Crippen LogP contribution in [0.3, 0.4) is 0 Å². The monoisotopic (exact) mass is 832 g/mol. The van der Waals surface area contributed by atoms with Crippen molar-refractivity contribution in [3.05, 3.63) is 125 Å². The third kappa shape index (κ3) is 8.40. The fourth-order valence-corrected chi connectivity index (χ4v) is 6.92. The number of phenols is 2. The number of hydrogen-bond donors (Lipinski definition) is 3. The topological polar surface area (TPSA) is 291 Å². The van der Waals surface area contributed by atoms with Crippen molar-refractivity contribution in [3.63, 3.8) is 0 Å². The third-order valence-corrected chi connectivity index (χ3v) is 9.76. The molecule has 0 saturated carbocycles. The molecule has 0 atom stereocenters.